The zero-order valence-corrected chi connectivity index (χ0v) is 18.3. The van der Waals surface area contributed by atoms with E-state index in [1.54, 1.807) is 4.90 Å². The van der Waals surface area contributed by atoms with Crippen LogP contribution >= 0.6 is 0 Å². The van der Waals surface area contributed by atoms with E-state index in [4.69, 9.17) is 0 Å². The number of piperazine rings is 1. The average Bonchev–Trinajstić information content (AvgIpc) is 3.33. The Morgan fingerprint density at radius 3 is 2.40 bits per heavy atom. The maximum atomic E-state index is 13.3. The van der Waals surface area contributed by atoms with Crippen molar-refractivity contribution in [3.8, 4) is 0 Å². The number of rotatable bonds is 3. The SMILES string of the molecule is CC1CC(C2CCCC3NCNC32)CCC1C(=O)N1CCN(C(=O)C2(O)CC2)CC1. The van der Waals surface area contributed by atoms with Crippen LogP contribution in [0.2, 0.25) is 0 Å². The molecule has 3 N–H and O–H groups in total. The van der Waals surface area contributed by atoms with Gasteiger partial charge in [-0.15, -0.1) is 0 Å². The van der Waals surface area contributed by atoms with E-state index in [1.165, 1.54) is 25.7 Å². The van der Waals surface area contributed by atoms with E-state index < -0.39 is 5.60 Å². The van der Waals surface area contributed by atoms with Gasteiger partial charge in [0.05, 0.1) is 0 Å². The number of amides is 2. The van der Waals surface area contributed by atoms with Gasteiger partial charge >= 0.3 is 0 Å². The minimum Gasteiger partial charge on any atom is -0.380 e. The molecule has 3 aliphatic carbocycles. The summed E-state index contributed by atoms with van der Waals surface area (Å²) in [5.41, 5.74) is -1.10. The number of hydrogen-bond donors (Lipinski definition) is 3. The molecule has 5 aliphatic rings. The van der Waals surface area contributed by atoms with Crippen LogP contribution in [0.15, 0.2) is 0 Å². The number of aliphatic hydroxyl groups is 1. The van der Waals surface area contributed by atoms with E-state index in [9.17, 15) is 14.7 Å². The van der Waals surface area contributed by atoms with Gasteiger partial charge in [-0.25, -0.2) is 0 Å². The lowest BCUT2D eigenvalue weighted by Crippen LogP contribution is -2.55. The van der Waals surface area contributed by atoms with Crippen LogP contribution in [0.25, 0.3) is 0 Å². The van der Waals surface area contributed by atoms with Crippen LogP contribution in [0.1, 0.15) is 58.3 Å². The number of nitrogens with one attached hydrogen (secondary N) is 2. The molecule has 2 aliphatic heterocycles. The van der Waals surface area contributed by atoms with Gasteiger partial charge in [-0.2, -0.15) is 0 Å². The Bertz CT molecular complexity index is 673. The molecule has 3 saturated carbocycles. The first kappa shape index (κ1) is 20.7. The van der Waals surface area contributed by atoms with Crippen LogP contribution in [0, 0.1) is 23.7 Å². The van der Waals surface area contributed by atoms with Crippen LogP contribution in [0.4, 0.5) is 0 Å². The van der Waals surface area contributed by atoms with Gasteiger partial charge in [-0.1, -0.05) is 13.3 Å². The number of fused-ring (bicyclic) bond motifs is 1. The van der Waals surface area contributed by atoms with Crippen molar-refractivity contribution in [1.82, 2.24) is 20.4 Å². The molecule has 6 unspecified atom stereocenters. The Morgan fingerprint density at radius 1 is 0.967 bits per heavy atom. The first-order valence-corrected chi connectivity index (χ1v) is 12.2. The smallest absolute Gasteiger partial charge is 0.254 e. The summed E-state index contributed by atoms with van der Waals surface area (Å²) in [7, 11) is 0. The topological polar surface area (TPSA) is 84.9 Å². The summed E-state index contributed by atoms with van der Waals surface area (Å²) in [6.07, 6.45) is 8.45. The molecule has 30 heavy (non-hydrogen) atoms. The summed E-state index contributed by atoms with van der Waals surface area (Å²) < 4.78 is 0. The second kappa shape index (κ2) is 8.06. The number of carbonyl (C=O) groups excluding carboxylic acids is 2. The van der Waals surface area contributed by atoms with Gasteiger partial charge in [0.15, 0.2) is 0 Å². The highest BCUT2D eigenvalue weighted by Crippen LogP contribution is 2.44. The highest BCUT2D eigenvalue weighted by Gasteiger charge is 2.51. The van der Waals surface area contributed by atoms with Crippen molar-refractivity contribution >= 4 is 11.8 Å². The zero-order valence-electron chi connectivity index (χ0n) is 18.3. The molecule has 0 aromatic heterocycles. The molecule has 168 valence electrons. The normalized spacial score (nSPS) is 40.7. The Balaban J connectivity index is 1.14. The third kappa shape index (κ3) is 3.78. The van der Waals surface area contributed by atoms with Gasteiger partial charge in [0.25, 0.3) is 5.91 Å². The zero-order chi connectivity index (χ0) is 20.9. The van der Waals surface area contributed by atoms with Gasteiger partial charge < -0.3 is 20.2 Å². The third-order valence-corrected chi connectivity index (χ3v) is 8.78. The van der Waals surface area contributed by atoms with Crippen molar-refractivity contribution in [3.63, 3.8) is 0 Å². The van der Waals surface area contributed by atoms with Gasteiger partial charge in [0, 0.05) is 50.8 Å². The first-order chi connectivity index (χ1) is 14.5. The molecule has 0 aromatic rings. The van der Waals surface area contributed by atoms with E-state index in [0.29, 0.717) is 62.9 Å². The summed E-state index contributed by atoms with van der Waals surface area (Å²) in [5, 5.41) is 17.4. The lowest BCUT2D eigenvalue weighted by molar-refractivity contribution is -0.149. The fraction of sp³-hybridized carbons (Fsp3) is 0.913. The second-order valence-electron chi connectivity index (χ2n) is 10.6. The molecular weight excluding hydrogens is 380 g/mol. The van der Waals surface area contributed by atoms with E-state index in [2.05, 4.69) is 17.6 Å². The molecule has 0 aromatic carbocycles. The minimum absolute atomic E-state index is 0.130. The van der Waals surface area contributed by atoms with Crippen LogP contribution in [0.3, 0.4) is 0 Å². The van der Waals surface area contributed by atoms with Crippen molar-refractivity contribution in [2.45, 2.75) is 76.0 Å². The molecule has 2 saturated heterocycles. The molecular formula is C23H38N4O3. The summed E-state index contributed by atoms with van der Waals surface area (Å²) in [6, 6.07) is 1.27. The van der Waals surface area contributed by atoms with Crippen molar-refractivity contribution in [2.24, 2.45) is 23.7 Å². The largest absolute Gasteiger partial charge is 0.380 e. The van der Waals surface area contributed by atoms with Crippen molar-refractivity contribution in [2.75, 3.05) is 32.8 Å². The van der Waals surface area contributed by atoms with E-state index >= 15 is 0 Å². The van der Waals surface area contributed by atoms with Crippen LogP contribution in [-0.4, -0.2) is 77.3 Å². The second-order valence-corrected chi connectivity index (χ2v) is 10.6. The van der Waals surface area contributed by atoms with Crippen molar-refractivity contribution in [1.29, 1.82) is 0 Å². The number of hydrogen-bond acceptors (Lipinski definition) is 5. The summed E-state index contributed by atoms with van der Waals surface area (Å²) >= 11 is 0. The van der Waals surface area contributed by atoms with Crippen LogP contribution in [-0.2, 0) is 9.59 Å². The van der Waals surface area contributed by atoms with Gasteiger partial charge in [0.2, 0.25) is 5.91 Å². The van der Waals surface area contributed by atoms with Gasteiger partial charge in [-0.05, 0) is 62.7 Å². The molecule has 6 atom stereocenters. The highest BCUT2D eigenvalue weighted by molar-refractivity contribution is 5.88. The van der Waals surface area contributed by atoms with Crippen molar-refractivity contribution in [3.05, 3.63) is 0 Å². The molecule has 0 radical (unpaired) electrons. The quantitative estimate of drug-likeness (QED) is 0.635. The Morgan fingerprint density at radius 2 is 1.70 bits per heavy atom. The molecule has 7 nitrogen and oxygen atoms in total. The standard InChI is InChI=1S/C23H38N4O3/c1-15-13-16(18-3-2-4-19-20(18)25-14-24-19)5-6-17(15)21(28)26-9-11-27(12-10-26)22(29)23(30)7-8-23/h15-20,24-25,30H,2-14H2,1H3. The average molecular weight is 419 g/mol. The molecule has 7 heteroatoms. The van der Waals surface area contributed by atoms with E-state index in [-0.39, 0.29) is 11.8 Å². The third-order valence-electron chi connectivity index (χ3n) is 8.78. The Kier molecular flexibility index (Phi) is 5.57. The highest BCUT2D eigenvalue weighted by atomic mass is 16.3. The predicted molar refractivity (Wildman–Crippen MR) is 113 cm³/mol. The maximum absolute atomic E-state index is 13.3. The van der Waals surface area contributed by atoms with Crippen LogP contribution < -0.4 is 10.6 Å². The summed E-state index contributed by atoms with van der Waals surface area (Å²) in [4.78, 5) is 29.3. The molecule has 5 fully saturated rings. The summed E-state index contributed by atoms with van der Waals surface area (Å²) in [5.74, 6) is 2.20. The molecule has 0 spiro atoms. The maximum Gasteiger partial charge on any atom is 0.254 e. The van der Waals surface area contributed by atoms with Gasteiger partial charge in [-0.3, -0.25) is 14.9 Å². The molecule has 2 heterocycles. The monoisotopic (exact) mass is 418 g/mol. The molecule has 5 rings (SSSR count). The number of carbonyl (C=O) groups is 2. The lowest BCUT2D eigenvalue weighted by Gasteiger charge is -2.44. The molecule has 0 bridgehead atoms. The van der Waals surface area contributed by atoms with E-state index in [0.717, 1.165) is 31.3 Å². The predicted octanol–water partition coefficient (Wildman–Crippen LogP) is 0.922. The van der Waals surface area contributed by atoms with Gasteiger partial charge in [0.1, 0.15) is 5.60 Å². The fourth-order valence-electron chi connectivity index (χ4n) is 6.77. The van der Waals surface area contributed by atoms with Crippen LogP contribution in [0.5, 0.6) is 0 Å². The first-order valence-electron chi connectivity index (χ1n) is 12.2. The minimum atomic E-state index is -1.10. The number of nitrogens with zero attached hydrogens (tertiary/aromatic N) is 2. The van der Waals surface area contributed by atoms with Crippen molar-refractivity contribution < 1.29 is 14.7 Å². The fourth-order valence-corrected chi connectivity index (χ4v) is 6.77. The van der Waals surface area contributed by atoms with E-state index in [1.807, 2.05) is 4.90 Å². The Labute approximate surface area is 179 Å². The lowest BCUT2D eigenvalue weighted by atomic mass is 9.65. The molecule has 2 amide bonds. The summed E-state index contributed by atoms with van der Waals surface area (Å²) in [6.45, 7) is 5.55. The Hall–Kier alpha value is -1.18.